The highest BCUT2D eigenvalue weighted by atomic mass is 32.2. The van der Waals surface area contributed by atoms with Crippen LogP contribution in [-0.2, 0) is 33.2 Å². The summed E-state index contributed by atoms with van der Waals surface area (Å²) >= 11 is 0. The van der Waals surface area contributed by atoms with E-state index >= 15 is 0 Å². The summed E-state index contributed by atoms with van der Waals surface area (Å²) in [6.07, 6.45) is 7.60. The molecule has 7 nitrogen and oxygen atoms in total. The molecule has 0 bridgehead atoms. The van der Waals surface area contributed by atoms with Crippen LogP contribution in [0.1, 0.15) is 45.4 Å². The van der Waals surface area contributed by atoms with E-state index in [9.17, 15) is 8.42 Å². The van der Waals surface area contributed by atoms with E-state index in [0.717, 1.165) is 13.0 Å². The molecule has 0 spiro atoms. The van der Waals surface area contributed by atoms with E-state index in [2.05, 4.69) is 6.92 Å². The monoisotopic (exact) mass is 446 g/mol. The van der Waals surface area contributed by atoms with Crippen molar-refractivity contribution in [1.82, 2.24) is 0 Å². The van der Waals surface area contributed by atoms with Crippen molar-refractivity contribution >= 4 is 10.1 Å². The summed E-state index contributed by atoms with van der Waals surface area (Å²) < 4.78 is 50.4. The third-order valence-electron chi connectivity index (χ3n) is 4.26. The molecule has 1 aromatic rings. The molecule has 0 aliphatic carbocycles. The minimum Gasteiger partial charge on any atom is -0.379 e. The van der Waals surface area contributed by atoms with Gasteiger partial charge in [-0.3, -0.25) is 4.18 Å². The molecule has 30 heavy (non-hydrogen) atoms. The molecule has 0 amide bonds. The Balaban J connectivity index is 1.79. The fourth-order valence-electron chi connectivity index (χ4n) is 2.60. The van der Waals surface area contributed by atoms with Gasteiger partial charge in [-0.05, 0) is 18.6 Å². The van der Waals surface area contributed by atoms with Crippen molar-refractivity contribution in [3.63, 3.8) is 0 Å². The first-order valence-corrected chi connectivity index (χ1v) is 12.3. The van der Waals surface area contributed by atoms with Crippen LogP contribution in [0, 0.1) is 0 Å². The zero-order valence-corrected chi connectivity index (χ0v) is 19.1. The molecule has 0 N–H and O–H groups in total. The van der Waals surface area contributed by atoms with E-state index in [1.54, 1.807) is 18.2 Å². The van der Waals surface area contributed by atoms with E-state index in [0.29, 0.717) is 39.6 Å². The van der Waals surface area contributed by atoms with E-state index in [-0.39, 0.29) is 18.1 Å². The highest BCUT2D eigenvalue weighted by Crippen LogP contribution is 2.10. The second-order valence-corrected chi connectivity index (χ2v) is 8.42. The molecule has 0 heterocycles. The predicted octanol–water partition coefficient (Wildman–Crippen LogP) is 3.82. The van der Waals surface area contributed by atoms with Crippen molar-refractivity contribution in [2.24, 2.45) is 0 Å². The summed E-state index contributed by atoms with van der Waals surface area (Å²) in [5, 5.41) is 0. The van der Waals surface area contributed by atoms with Crippen molar-refractivity contribution in [1.29, 1.82) is 0 Å². The molecule has 1 aromatic carbocycles. The quantitative estimate of drug-likeness (QED) is 0.210. The maximum Gasteiger partial charge on any atom is 0.297 e. The fourth-order valence-corrected chi connectivity index (χ4v) is 3.52. The number of hydrogen-bond acceptors (Lipinski definition) is 7. The lowest BCUT2D eigenvalue weighted by molar-refractivity contribution is -0.00468. The predicted molar refractivity (Wildman–Crippen MR) is 116 cm³/mol. The minimum atomic E-state index is -3.72. The van der Waals surface area contributed by atoms with E-state index < -0.39 is 10.1 Å². The number of rotatable bonds is 21. The SMILES string of the molecule is CCCCCCCCOCCOCCOCCOCCOS(=O)(=O)c1ccccc1. The molecule has 8 heteroatoms. The van der Waals surface area contributed by atoms with Gasteiger partial charge in [0.05, 0.1) is 57.8 Å². The lowest BCUT2D eigenvalue weighted by atomic mass is 10.1. The van der Waals surface area contributed by atoms with Crippen molar-refractivity contribution < 1.29 is 31.5 Å². The van der Waals surface area contributed by atoms with Crippen LogP contribution in [0.2, 0.25) is 0 Å². The average molecular weight is 447 g/mol. The van der Waals surface area contributed by atoms with Crippen LogP contribution in [0.3, 0.4) is 0 Å². The first kappa shape index (κ1) is 27.0. The Bertz CT molecular complexity index is 593. The van der Waals surface area contributed by atoms with Crippen LogP contribution in [-0.4, -0.2) is 67.9 Å². The number of benzene rings is 1. The van der Waals surface area contributed by atoms with Crippen molar-refractivity contribution in [2.75, 3.05) is 59.5 Å². The lowest BCUT2D eigenvalue weighted by Gasteiger charge is -2.08. The molecule has 0 aromatic heterocycles. The van der Waals surface area contributed by atoms with Gasteiger partial charge in [0.15, 0.2) is 0 Å². The summed E-state index contributed by atoms with van der Waals surface area (Å²) in [7, 11) is -3.72. The Hall–Kier alpha value is -1.03. The summed E-state index contributed by atoms with van der Waals surface area (Å²) in [4.78, 5) is 0.140. The highest BCUT2D eigenvalue weighted by Gasteiger charge is 2.13. The Morgan fingerprint density at radius 1 is 0.600 bits per heavy atom. The van der Waals surface area contributed by atoms with Gasteiger partial charge in [-0.15, -0.1) is 0 Å². The Morgan fingerprint density at radius 2 is 1.07 bits per heavy atom. The molecule has 0 saturated carbocycles. The minimum absolute atomic E-state index is 0.0287. The van der Waals surface area contributed by atoms with Gasteiger partial charge in [0, 0.05) is 6.61 Å². The Kier molecular flexibility index (Phi) is 16.8. The average Bonchev–Trinajstić information content (AvgIpc) is 2.76. The third kappa shape index (κ3) is 14.9. The van der Waals surface area contributed by atoms with Crippen molar-refractivity contribution in [3.8, 4) is 0 Å². The van der Waals surface area contributed by atoms with Gasteiger partial charge >= 0.3 is 0 Å². The van der Waals surface area contributed by atoms with E-state index in [1.807, 2.05) is 0 Å². The molecular weight excluding hydrogens is 408 g/mol. The zero-order chi connectivity index (χ0) is 21.8. The maximum atomic E-state index is 11.9. The molecule has 0 saturated heterocycles. The molecular formula is C22H38O7S. The first-order chi connectivity index (χ1) is 14.7. The molecule has 0 atom stereocenters. The standard InChI is InChI=1S/C22H38O7S/c1-2-3-4-5-6-10-13-25-14-15-26-16-17-27-18-19-28-20-21-29-30(23,24)22-11-8-7-9-12-22/h7-9,11-12H,2-6,10,13-21H2,1H3. The van der Waals surface area contributed by atoms with Gasteiger partial charge in [-0.25, -0.2) is 0 Å². The van der Waals surface area contributed by atoms with E-state index in [1.165, 1.54) is 44.2 Å². The van der Waals surface area contributed by atoms with Crippen molar-refractivity contribution in [3.05, 3.63) is 30.3 Å². The van der Waals surface area contributed by atoms with Gasteiger partial charge in [-0.2, -0.15) is 8.42 Å². The second-order valence-electron chi connectivity index (χ2n) is 6.81. The smallest absolute Gasteiger partial charge is 0.297 e. The van der Waals surface area contributed by atoms with Gasteiger partial charge in [0.2, 0.25) is 0 Å². The Morgan fingerprint density at radius 3 is 1.63 bits per heavy atom. The van der Waals surface area contributed by atoms with Gasteiger partial charge in [0.25, 0.3) is 10.1 Å². The number of ether oxygens (including phenoxy) is 4. The van der Waals surface area contributed by atoms with Crippen LogP contribution in [0.5, 0.6) is 0 Å². The summed E-state index contributed by atoms with van der Waals surface area (Å²) in [6, 6.07) is 8.04. The number of hydrogen-bond donors (Lipinski definition) is 0. The van der Waals surface area contributed by atoms with Crippen molar-refractivity contribution in [2.45, 2.75) is 50.3 Å². The Labute approximate surface area is 182 Å². The highest BCUT2D eigenvalue weighted by molar-refractivity contribution is 7.86. The maximum absolute atomic E-state index is 11.9. The molecule has 0 unspecified atom stereocenters. The van der Waals surface area contributed by atoms with E-state index in [4.69, 9.17) is 23.1 Å². The molecule has 0 radical (unpaired) electrons. The van der Waals surface area contributed by atoms with Gasteiger partial charge in [0.1, 0.15) is 0 Å². The fraction of sp³-hybridized carbons (Fsp3) is 0.727. The van der Waals surface area contributed by atoms with Crippen LogP contribution in [0.15, 0.2) is 35.2 Å². The lowest BCUT2D eigenvalue weighted by Crippen LogP contribution is -2.15. The summed E-state index contributed by atoms with van der Waals surface area (Å²) in [5.41, 5.74) is 0. The molecule has 1 rings (SSSR count). The molecule has 0 aliphatic heterocycles. The van der Waals surface area contributed by atoms with Gasteiger partial charge in [-0.1, -0.05) is 57.2 Å². The van der Waals surface area contributed by atoms with Crippen LogP contribution in [0.25, 0.3) is 0 Å². The van der Waals surface area contributed by atoms with Gasteiger partial charge < -0.3 is 18.9 Å². The first-order valence-electron chi connectivity index (χ1n) is 10.9. The normalized spacial score (nSPS) is 11.8. The third-order valence-corrected chi connectivity index (χ3v) is 5.58. The molecule has 0 aliphatic rings. The number of unbranched alkanes of at least 4 members (excludes halogenated alkanes) is 5. The largest absolute Gasteiger partial charge is 0.379 e. The second kappa shape index (κ2) is 18.7. The summed E-state index contributed by atoms with van der Waals surface area (Å²) in [5.74, 6) is 0. The molecule has 0 fully saturated rings. The summed E-state index contributed by atoms with van der Waals surface area (Å²) in [6.45, 7) is 6.16. The van der Waals surface area contributed by atoms with Crippen LogP contribution in [0.4, 0.5) is 0 Å². The molecule has 174 valence electrons. The topological polar surface area (TPSA) is 80.3 Å². The van der Waals surface area contributed by atoms with Crippen LogP contribution >= 0.6 is 0 Å². The zero-order valence-electron chi connectivity index (χ0n) is 18.3. The van der Waals surface area contributed by atoms with Crippen LogP contribution < -0.4 is 0 Å².